The highest BCUT2D eigenvalue weighted by molar-refractivity contribution is 7.91. The Morgan fingerprint density at radius 2 is 2.10 bits per heavy atom. The van der Waals surface area contributed by atoms with Gasteiger partial charge in [-0.3, -0.25) is 4.79 Å². The molecule has 2 N–H and O–H groups in total. The molecule has 1 aromatic rings. The zero-order valence-corrected chi connectivity index (χ0v) is 13.4. The monoisotopic (exact) mass is 337 g/mol. The lowest BCUT2D eigenvalue weighted by atomic mass is 9.95. The molecule has 1 saturated carbocycles. The maximum atomic E-state index is 12.4. The molecule has 0 amide bonds. The minimum Gasteiger partial charge on any atom is -0.481 e. The summed E-state index contributed by atoms with van der Waals surface area (Å²) in [6.07, 6.45) is 2.58. The second kappa shape index (κ2) is 5.63. The summed E-state index contributed by atoms with van der Waals surface area (Å²) in [5, 5.41) is 9.00. The van der Waals surface area contributed by atoms with Crippen molar-refractivity contribution >= 4 is 38.9 Å². The van der Waals surface area contributed by atoms with Crippen molar-refractivity contribution in [1.29, 1.82) is 0 Å². The zero-order chi connectivity index (χ0) is 15.0. The van der Waals surface area contributed by atoms with E-state index in [1.54, 1.807) is 6.92 Å². The minimum absolute atomic E-state index is 0.136. The molecule has 0 radical (unpaired) electrons. The van der Waals surface area contributed by atoms with E-state index in [4.69, 9.17) is 16.7 Å². The predicted octanol–water partition coefficient (Wildman–Crippen LogP) is 2.78. The van der Waals surface area contributed by atoms with Gasteiger partial charge in [0.05, 0.1) is 10.8 Å². The number of carboxylic acids is 1. The Morgan fingerprint density at radius 1 is 1.50 bits per heavy atom. The SMILES string of the molecule is Cc1cc(S(=O)(=O)NC2(CC(=O)O)CCCC2)sc1Cl. The summed E-state index contributed by atoms with van der Waals surface area (Å²) < 4.78 is 27.9. The number of sulfonamides is 1. The van der Waals surface area contributed by atoms with Crippen LogP contribution in [0.5, 0.6) is 0 Å². The highest BCUT2D eigenvalue weighted by Crippen LogP contribution is 2.36. The Balaban J connectivity index is 2.27. The van der Waals surface area contributed by atoms with E-state index in [0.29, 0.717) is 22.7 Å². The number of rotatable bonds is 5. The van der Waals surface area contributed by atoms with Gasteiger partial charge in [0.15, 0.2) is 0 Å². The molecule has 1 heterocycles. The molecule has 0 atom stereocenters. The van der Waals surface area contributed by atoms with E-state index in [-0.39, 0.29) is 10.6 Å². The molecule has 112 valence electrons. The lowest BCUT2D eigenvalue weighted by molar-refractivity contribution is -0.138. The molecule has 0 unspecified atom stereocenters. The number of aliphatic carboxylic acids is 1. The first kappa shape index (κ1) is 15.8. The molecule has 0 saturated heterocycles. The number of carbonyl (C=O) groups is 1. The van der Waals surface area contributed by atoms with Crippen molar-refractivity contribution in [2.24, 2.45) is 0 Å². The van der Waals surface area contributed by atoms with E-state index in [1.165, 1.54) is 6.07 Å². The molecule has 0 spiro atoms. The van der Waals surface area contributed by atoms with Crippen LogP contribution in [0.25, 0.3) is 0 Å². The molecule has 2 rings (SSSR count). The fraction of sp³-hybridized carbons (Fsp3) is 0.583. The minimum atomic E-state index is -3.73. The smallest absolute Gasteiger partial charge is 0.305 e. The molecule has 1 aliphatic carbocycles. The summed E-state index contributed by atoms with van der Waals surface area (Å²) in [4.78, 5) is 11.0. The lowest BCUT2D eigenvalue weighted by Crippen LogP contribution is -2.47. The third kappa shape index (κ3) is 3.33. The number of carboxylic acid groups (broad SMARTS) is 1. The Labute approximate surface area is 127 Å². The van der Waals surface area contributed by atoms with Crippen LogP contribution in [-0.4, -0.2) is 25.0 Å². The van der Waals surface area contributed by atoms with Crippen LogP contribution in [0.15, 0.2) is 10.3 Å². The molecule has 0 bridgehead atoms. The van der Waals surface area contributed by atoms with E-state index >= 15 is 0 Å². The van der Waals surface area contributed by atoms with Gasteiger partial charge in [-0.1, -0.05) is 24.4 Å². The van der Waals surface area contributed by atoms with E-state index in [0.717, 1.165) is 24.2 Å². The van der Waals surface area contributed by atoms with Gasteiger partial charge in [0.25, 0.3) is 10.0 Å². The number of hydrogen-bond acceptors (Lipinski definition) is 4. The summed E-state index contributed by atoms with van der Waals surface area (Å²) in [7, 11) is -3.73. The summed E-state index contributed by atoms with van der Waals surface area (Å²) in [6.45, 7) is 1.74. The summed E-state index contributed by atoms with van der Waals surface area (Å²) in [5.74, 6) is -0.991. The Kier molecular flexibility index (Phi) is 4.44. The fourth-order valence-corrected chi connectivity index (χ4v) is 5.72. The molecular formula is C12H16ClNO4S2. The van der Waals surface area contributed by atoms with Gasteiger partial charge in [-0.05, 0) is 31.4 Å². The molecule has 1 fully saturated rings. The second-order valence-corrected chi connectivity index (χ2v) is 8.75. The number of aryl methyl sites for hydroxylation is 1. The van der Waals surface area contributed by atoms with Gasteiger partial charge >= 0.3 is 5.97 Å². The van der Waals surface area contributed by atoms with E-state index in [9.17, 15) is 13.2 Å². The van der Waals surface area contributed by atoms with Gasteiger partial charge in [0, 0.05) is 5.54 Å². The normalized spacial score (nSPS) is 18.3. The highest BCUT2D eigenvalue weighted by atomic mass is 35.5. The summed E-state index contributed by atoms with van der Waals surface area (Å²) >= 11 is 6.89. The number of halogens is 1. The maximum absolute atomic E-state index is 12.4. The topological polar surface area (TPSA) is 83.5 Å². The van der Waals surface area contributed by atoms with Crippen molar-refractivity contribution in [3.8, 4) is 0 Å². The molecule has 20 heavy (non-hydrogen) atoms. The van der Waals surface area contributed by atoms with Crippen molar-refractivity contribution in [2.75, 3.05) is 0 Å². The predicted molar refractivity (Wildman–Crippen MR) is 77.8 cm³/mol. The van der Waals surface area contributed by atoms with E-state index < -0.39 is 21.5 Å². The van der Waals surface area contributed by atoms with Gasteiger partial charge < -0.3 is 5.11 Å². The summed E-state index contributed by atoms with van der Waals surface area (Å²) in [6, 6.07) is 1.51. The quantitative estimate of drug-likeness (QED) is 0.865. The maximum Gasteiger partial charge on any atom is 0.305 e. The van der Waals surface area contributed by atoms with Gasteiger partial charge in [0.2, 0.25) is 0 Å². The molecule has 0 aliphatic heterocycles. The third-order valence-electron chi connectivity index (χ3n) is 3.50. The van der Waals surface area contributed by atoms with Crippen molar-refractivity contribution < 1.29 is 18.3 Å². The van der Waals surface area contributed by atoms with Crippen molar-refractivity contribution in [1.82, 2.24) is 4.72 Å². The molecule has 5 nitrogen and oxygen atoms in total. The van der Waals surface area contributed by atoms with Crippen LogP contribution in [-0.2, 0) is 14.8 Å². The van der Waals surface area contributed by atoms with Gasteiger partial charge in [-0.25, -0.2) is 13.1 Å². The lowest BCUT2D eigenvalue weighted by Gasteiger charge is -2.27. The second-order valence-electron chi connectivity index (χ2n) is 5.19. The first-order chi connectivity index (χ1) is 9.24. The molecule has 8 heteroatoms. The van der Waals surface area contributed by atoms with Crippen LogP contribution in [0, 0.1) is 6.92 Å². The number of thiophene rings is 1. The highest BCUT2D eigenvalue weighted by Gasteiger charge is 2.40. The van der Waals surface area contributed by atoms with Crippen molar-refractivity contribution in [3.63, 3.8) is 0 Å². The van der Waals surface area contributed by atoms with Crippen LogP contribution in [0.2, 0.25) is 4.34 Å². The van der Waals surface area contributed by atoms with Gasteiger partial charge in [0.1, 0.15) is 4.21 Å². The first-order valence-electron chi connectivity index (χ1n) is 6.26. The van der Waals surface area contributed by atoms with Crippen molar-refractivity contribution in [2.45, 2.75) is 48.8 Å². The zero-order valence-electron chi connectivity index (χ0n) is 11.0. The molecule has 0 aromatic carbocycles. The van der Waals surface area contributed by atoms with Crippen LogP contribution < -0.4 is 4.72 Å². The fourth-order valence-electron chi connectivity index (χ4n) is 2.56. The Morgan fingerprint density at radius 3 is 2.55 bits per heavy atom. The van der Waals surface area contributed by atoms with E-state index in [1.807, 2.05) is 0 Å². The van der Waals surface area contributed by atoms with Crippen molar-refractivity contribution in [3.05, 3.63) is 16.0 Å². The average Bonchev–Trinajstić information content (AvgIpc) is 2.86. The average molecular weight is 338 g/mol. The summed E-state index contributed by atoms with van der Waals surface area (Å²) in [5.41, 5.74) is -0.162. The third-order valence-corrected chi connectivity index (χ3v) is 7.11. The Hall–Kier alpha value is -0.630. The largest absolute Gasteiger partial charge is 0.481 e. The van der Waals surface area contributed by atoms with Crippen LogP contribution in [0.4, 0.5) is 0 Å². The van der Waals surface area contributed by atoms with E-state index in [2.05, 4.69) is 4.72 Å². The van der Waals surface area contributed by atoms with Crippen LogP contribution >= 0.6 is 22.9 Å². The Bertz CT molecular complexity index is 598. The van der Waals surface area contributed by atoms with Gasteiger partial charge in [-0.15, -0.1) is 11.3 Å². The van der Waals surface area contributed by atoms with Gasteiger partial charge in [-0.2, -0.15) is 0 Å². The molecule has 1 aliphatic rings. The molecule has 1 aromatic heterocycles. The standard InChI is InChI=1S/C12H16ClNO4S2/c1-8-6-10(19-11(8)13)20(17,18)14-12(7-9(15)16)4-2-3-5-12/h6,14H,2-5,7H2,1H3,(H,15,16). The first-order valence-corrected chi connectivity index (χ1v) is 8.94. The molecular weight excluding hydrogens is 322 g/mol. The van der Waals surface area contributed by atoms with Crippen LogP contribution in [0.3, 0.4) is 0 Å². The van der Waals surface area contributed by atoms with Crippen LogP contribution in [0.1, 0.15) is 37.7 Å². The number of nitrogens with one attached hydrogen (secondary N) is 1. The number of hydrogen-bond donors (Lipinski definition) is 2.